The molecular weight excluding hydrogens is 394 g/mol. The lowest BCUT2D eigenvalue weighted by molar-refractivity contribution is -0.133. The number of rotatable bonds is 6. The molecule has 0 radical (unpaired) electrons. The Labute approximate surface area is 172 Å². The summed E-state index contributed by atoms with van der Waals surface area (Å²) in [4.78, 5) is 38.2. The van der Waals surface area contributed by atoms with Gasteiger partial charge in [0.2, 0.25) is 11.8 Å². The maximum Gasteiger partial charge on any atom is 0.419 e. The van der Waals surface area contributed by atoms with E-state index in [9.17, 15) is 14.4 Å². The fourth-order valence-corrected chi connectivity index (χ4v) is 3.31. The molecule has 3 rings (SSSR count). The average molecular weight is 416 g/mol. The number of anilines is 1. The number of carbonyl (C=O) groups excluding carboxylic acids is 2. The van der Waals surface area contributed by atoms with E-state index in [-0.39, 0.29) is 31.3 Å². The number of benzene rings is 2. The minimum Gasteiger partial charge on any atom is -0.408 e. The molecular formula is C21H22ClN3O4. The van der Waals surface area contributed by atoms with E-state index in [1.165, 1.54) is 9.47 Å². The van der Waals surface area contributed by atoms with Crippen molar-refractivity contribution in [3.63, 3.8) is 0 Å². The molecule has 7 nitrogen and oxygen atoms in total. The van der Waals surface area contributed by atoms with E-state index in [0.717, 1.165) is 16.8 Å². The predicted octanol–water partition coefficient (Wildman–Crippen LogP) is 3.35. The summed E-state index contributed by atoms with van der Waals surface area (Å²) in [5.74, 6) is -1.08. The summed E-state index contributed by atoms with van der Waals surface area (Å²) in [7, 11) is 1.56. The lowest BCUT2D eigenvalue weighted by Gasteiger charge is -2.18. The van der Waals surface area contributed by atoms with Crippen molar-refractivity contribution in [3.8, 4) is 0 Å². The normalized spacial score (nSPS) is 10.9. The lowest BCUT2D eigenvalue weighted by atomic mass is 10.1. The van der Waals surface area contributed by atoms with E-state index in [4.69, 9.17) is 16.0 Å². The summed E-state index contributed by atoms with van der Waals surface area (Å²) in [6, 6.07) is 10.6. The number of halogens is 1. The summed E-state index contributed by atoms with van der Waals surface area (Å²) in [5, 5.41) is 3.32. The first-order chi connectivity index (χ1) is 13.8. The number of fused-ring (bicyclic) bond motifs is 1. The third-order valence-electron chi connectivity index (χ3n) is 4.73. The number of carbonyl (C=O) groups is 2. The van der Waals surface area contributed by atoms with Gasteiger partial charge in [0.25, 0.3) is 0 Å². The molecule has 0 unspecified atom stereocenters. The first-order valence-corrected chi connectivity index (χ1v) is 9.53. The van der Waals surface area contributed by atoms with Crippen LogP contribution in [0.4, 0.5) is 5.69 Å². The van der Waals surface area contributed by atoms with Gasteiger partial charge in [-0.05, 0) is 37.1 Å². The highest BCUT2D eigenvalue weighted by Gasteiger charge is 2.16. The highest BCUT2D eigenvalue weighted by atomic mass is 35.5. The summed E-state index contributed by atoms with van der Waals surface area (Å²) >= 11 is 5.91. The topological polar surface area (TPSA) is 84.5 Å². The first-order valence-electron chi connectivity index (χ1n) is 9.15. The van der Waals surface area contributed by atoms with Gasteiger partial charge in [-0.15, -0.1) is 0 Å². The van der Waals surface area contributed by atoms with Gasteiger partial charge in [0.15, 0.2) is 5.58 Å². The number of nitrogens with zero attached hydrogens (tertiary/aromatic N) is 2. The van der Waals surface area contributed by atoms with Crippen molar-refractivity contribution in [2.75, 3.05) is 18.9 Å². The number of nitrogens with one attached hydrogen (secondary N) is 1. The Bertz CT molecular complexity index is 1110. The Morgan fingerprint density at radius 1 is 1.17 bits per heavy atom. The van der Waals surface area contributed by atoms with Crippen molar-refractivity contribution in [1.29, 1.82) is 0 Å². The number of amides is 2. The molecule has 2 amide bonds. The number of aromatic nitrogens is 1. The molecule has 0 saturated carbocycles. The van der Waals surface area contributed by atoms with Crippen molar-refractivity contribution in [3.05, 3.63) is 63.1 Å². The summed E-state index contributed by atoms with van der Waals surface area (Å²) in [5.41, 5.74) is 3.62. The van der Waals surface area contributed by atoms with Crippen LogP contribution in [0.15, 0.2) is 45.6 Å². The average Bonchev–Trinajstić information content (AvgIpc) is 2.96. The van der Waals surface area contributed by atoms with Gasteiger partial charge in [0.05, 0.1) is 12.1 Å². The SMILES string of the molecule is Cc1cccc(C)c1NC(=O)CN(C)C(=O)CCn1c(=O)oc2cc(Cl)ccc21. The number of hydrogen-bond acceptors (Lipinski definition) is 4. The Kier molecular flexibility index (Phi) is 6.08. The van der Waals surface area contributed by atoms with Crippen LogP contribution in [0, 0.1) is 13.8 Å². The van der Waals surface area contributed by atoms with Gasteiger partial charge in [0, 0.05) is 36.8 Å². The Morgan fingerprint density at radius 3 is 2.55 bits per heavy atom. The van der Waals surface area contributed by atoms with E-state index in [1.807, 2.05) is 32.0 Å². The van der Waals surface area contributed by atoms with Crippen molar-refractivity contribution in [2.45, 2.75) is 26.8 Å². The molecule has 0 bridgehead atoms. The summed E-state index contributed by atoms with van der Waals surface area (Å²) < 4.78 is 6.54. The van der Waals surface area contributed by atoms with Crippen LogP contribution >= 0.6 is 11.6 Å². The van der Waals surface area contributed by atoms with Crippen LogP contribution in [-0.4, -0.2) is 34.9 Å². The van der Waals surface area contributed by atoms with E-state index in [0.29, 0.717) is 16.1 Å². The zero-order valence-electron chi connectivity index (χ0n) is 16.5. The Balaban J connectivity index is 1.60. The smallest absolute Gasteiger partial charge is 0.408 e. The van der Waals surface area contributed by atoms with Crippen LogP contribution in [0.3, 0.4) is 0 Å². The molecule has 0 aliphatic rings. The molecule has 152 valence electrons. The Morgan fingerprint density at radius 2 is 1.86 bits per heavy atom. The van der Waals surface area contributed by atoms with Crippen LogP contribution in [0.1, 0.15) is 17.5 Å². The van der Waals surface area contributed by atoms with Crippen molar-refractivity contribution in [2.24, 2.45) is 0 Å². The molecule has 0 spiro atoms. The summed E-state index contributed by atoms with van der Waals surface area (Å²) in [6.07, 6.45) is 0.0599. The zero-order chi connectivity index (χ0) is 21.1. The highest BCUT2D eigenvalue weighted by Crippen LogP contribution is 2.20. The molecule has 0 aliphatic heterocycles. The maximum atomic E-state index is 12.4. The number of oxazole rings is 1. The lowest BCUT2D eigenvalue weighted by Crippen LogP contribution is -2.35. The number of para-hydroxylation sites is 1. The van der Waals surface area contributed by atoms with Crippen LogP contribution in [0.25, 0.3) is 11.1 Å². The van der Waals surface area contributed by atoms with Crippen LogP contribution in [0.5, 0.6) is 0 Å². The van der Waals surface area contributed by atoms with Crippen LogP contribution in [0.2, 0.25) is 5.02 Å². The molecule has 3 aromatic rings. The van der Waals surface area contributed by atoms with Gasteiger partial charge in [-0.2, -0.15) is 0 Å². The fraction of sp³-hybridized carbons (Fsp3) is 0.286. The molecule has 1 N–H and O–H groups in total. The number of aryl methyl sites for hydroxylation is 3. The van der Waals surface area contributed by atoms with Gasteiger partial charge in [-0.1, -0.05) is 29.8 Å². The van der Waals surface area contributed by atoms with Crippen molar-refractivity contribution < 1.29 is 14.0 Å². The van der Waals surface area contributed by atoms with Crippen LogP contribution < -0.4 is 11.1 Å². The van der Waals surface area contributed by atoms with E-state index < -0.39 is 5.76 Å². The molecule has 8 heteroatoms. The number of hydrogen-bond donors (Lipinski definition) is 1. The molecule has 0 saturated heterocycles. The van der Waals surface area contributed by atoms with Gasteiger partial charge in [0.1, 0.15) is 0 Å². The van der Waals surface area contributed by atoms with Crippen molar-refractivity contribution in [1.82, 2.24) is 9.47 Å². The fourth-order valence-electron chi connectivity index (χ4n) is 3.14. The monoisotopic (exact) mass is 415 g/mol. The summed E-state index contributed by atoms with van der Waals surface area (Å²) in [6.45, 7) is 3.90. The highest BCUT2D eigenvalue weighted by molar-refractivity contribution is 6.31. The molecule has 0 fully saturated rings. The van der Waals surface area contributed by atoms with Crippen LogP contribution in [-0.2, 0) is 16.1 Å². The largest absolute Gasteiger partial charge is 0.419 e. The minimum atomic E-state index is -0.550. The zero-order valence-corrected chi connectivity index (χ0v) is 17.2. The molecule has 1 aromatic heterocycles. The second-order valence-corrected chi connectivity index (χ2v) is 7.38. The Hall–Kier alpha value is -3.06. The van der Waals surface area contributed by atoms with Gasteiger partial charge >= 0.3 is 5.76 Å². The maximum absolute atomic E-state index is 12.4. The quantitative estimate of drug-likeness (QED) is 0.669. The van der Waals surface area contributed by atoms with E-state index in [2.05, 4.69) is 5.32 Å². The van der Waals surface area contributed by atoms with E-state index in [1.54, 1.807) is 25.2 Å². The number of likely N-dealkylation sites (N-methyl/N-ethyl adjacent to an activating group) is 1. The molecule has 29 heavy (non-hydrogen) atoms. The molecule has 0 atom stereocenters. The predicted molar refractivity (Wildman–Crippen MR) is 112 cm³/mol. The van der Waals surface area contributed by atoms with Gasteiger partial charge < -0.3 is 14.6 Å². The van der Waals surface area contributed by atoms with Crippen molar-refractivity contribution >= 4 is 40.2 Å². The standard InChI is InChI=1S/C21H22ClN3O4/c1-13-5-4-6-14(2)20(13)23-18(26)12-24(3)19(27)9-10-25-16-8-7-15(22)11-17(16)29-21(25)28/h4-8,11H,9-10,12H2,1-3H3,(H,23,26). The van der Waals surface area contributed by atoms with Gasteiger partial charge in [-0.25, -0.2) is 4.79 Å². The minimum absolute atomic E-state index is 0.0599. The molecule has 1 heterocycles. The third-order valence-corrected chi connectivity index (χ3v) is 4.97. The molecule has 2 aromatic carbocycles. The first kappa shape index (κ1) is 20.7. The van der Waals surface area contributed by atoms with E-state index >= 15 is 0 Å². The molecule has 0 aliphatic carbocycles. The van der Waals surface area contributed by atoms with Gasteiger partial charge in [-0.3, -0.25) is 14.2 Å². The third kappa shape index (κ3) is 4.68. The second kappa shape index (κ2) is 8.53. The second-order valence-electron chi connectivity index (χ2n) is 6.95.